The molecule has 0 bridgehead atoms. The largest absolute Gasteiger partial charge is 0.287 e. The van der Waals surface area contributed by atoms with E-state index in [0.29, 0.717) is 6.42 Å². The second-order valence-corrected chi connectivity index (χ2v) is 6.58. The number of aryl methyl sites for hydroxylation is 1. The van der Waals surface area contributed by atoms with Gasteiger partial charge in [0.15, 0.2) is 5.13 Å². The summed E-state index contributed by atoms with van der Waals surface area (Å²) < 4.78 is 1.14. The maximum Gasteiger partial charge on any atom is 0.230 e. The van der Waals surface area contributed by atoms with Gasteiger partial charge in [0, 0.05) is 17.8 Å². The number of aromatic nitrogens is 1. The molecule has 0 saturated carbocycles. The second-order valence-electron chi connectivity index (χ2n) is 4.27. The van der Waals surface area contributed by atoms with Gasteiger partial charge >= 0.3 is 0 Å². The quantitative estimate of drug-likeness (QED) is 0.758. The van der Waals surface area contributed by atoms with Gasteiger partial charge in [-0.2, -0.15) is 0 Å². The molecular weight excluding hydrogens is 300 g/mol. The fraction of sp³-hybridized carbons (Fsp3) is 0.333. The van der Waals surface area contributed by atoms with E-state index in [1.165, 1.54) is 5.56 Å². The van der Waals surface area contributed by atoms with Crippen LogP contribution in [0.1, 0.15) is 12.0 Å². The predicted molar refractivity (Wildman–Crippen MR) is 74.0 cm³/mol. The zero-order valence-corrected chi connectivity index (χ0v) is 11.7. The van der Waals surface area contributed by atoms with Crippen LogP contribution >= 0.6 is 27.3 Å². The van der Waals surface area contributed by atoms with Crippen LogP contribution in [0.3, 0.4) is 0 Å². The number of hydrogen-bond donors (Lipinski definition) is 0. The second kappa shape index (κ2) is 4.07. The van der Waals surface area contributed by atoms with Crippen LogP contribution in [0.15, 0.2) is 18.2 Å². The Morgan fingerprint density at radius 3 is 3.06 bits per heavy atom. The lowest BCUT2D eigenvalue weighted by molar-refractivity contribution is -0.117. The molecule has 88 valence electrons. The smallest absolute Gasteiger partial charge is 0.230 e. The summed E-state index contributed by atoms with van der Waals surface area (Å²) in [5.41, 5.74) is 2.19. The lowest BCUT2D eigenvalue weighted by Crippen LogP contribution is -2.24. The molecule has 0 radical (unpaired) electrons. The maximum absolute atomic E-state index is 11.8. The third-order valence-electron chi connectivity index (χ3n) is 2.84. The van der Waals surface area contributed by atoms with E-state index < -0.39 is 0 Å². The Labute approximate surface area is 112 Å². The number of anilines is 1. The summed E-state index contributed by atoms with van der Waals surface area (Å²) >= 11 is 5.07. The van der Waals surface area contributed by atoms with Gasteiger partial charge in [0.05, 0.1) is 10.2 Å². The Morgan fingerprint density at radius 1 is 1.53 bits per heavy atom. The molecule has 0 aliphatic carbocycles. The molecule has 0 N–H and O–H groups in total. The van der Waals surface area contributed by atoms with Gasteiger partial charge in [-0.3, -0.25) is 9.69 Å². The van der Waals surface area contributed by atoms with Gasteiger partial charge < -0.3 is 0 Å². The molecule has 5 heteroatoms. The Hall–Kier alpha value is -0.940. The zero-order chi connectivity index (χ0) is 12.0. The monoisotopic (exact) mass is 310 g/mol. The van der Waals surface area contributed by atoms with Crippen LogP contribution in [-0.2, 0) is 4.79 Å². The molecule has 1 unspecified atom stereocenters. The average molecular weight is 311 g/mol. The van der Waals surface area contributed by atoms with E-state index in [1.54, 1.807) is 16.2 Å². The van der Waals surface area contributed by atoms with Crippen LogP contribution in [0.2, 0.25) is 0 Å². The lowest BCUT2D eigenvalue weighted by atomic mass is 10.2. The minimum atomic E-state index is 0.155. The van der Waals surface area contributed by atoms with Crippen molar-refractivity contribution in [3.8, 4) is 0 Å². The van der Waals surface area contributed by atoms with E-state index in [4.69, 9.17) is 0 Å². The molecular formula is C12H11BrN2OS. The number of carbonyl (C=O) groups is 1. The Kier molecular flexibility index (Phi) is 2.67. The van der Waals surface area contributed by atoms with Crippen LogP contribution in [-0.4, -0.2) is 22.3 Å². The van der Waals surface area contributed by atoms with Crippen molar-refractivity contribution in [2.45, 2.75) is 18.2 Å². The summed E-state index contributed by atoms with van der Waals surface area (Å²) in [4.78, 5) is 18.3. The van der Waals surface area contributed by atoms with Crippen molar-refractivity contribution in [1.82, 2.24) is 4.98 Å². The highest BCUT2D eigenvalue weighted by atomic mass is 79.9. The normalized spacial score (nSPS) is 20.5. The van der Waals surface area contributed by atoms with Crippen LogP contribution < -0.4 is 4.90 Å². The minimum Gasteiger partial charge on any atom is -0.287 e. The van der Waals surface area contributed by atoms with Gasteiger partial charge in [0.25, 0.3) is 0 Å². The van der Waals surface area contributed by atoms with E-state index in [-0.39, 0.29) is 10.7 Å². The summed E-state index contributed by atoms with van der Waals surface area (Å²) in [6, 6.07) is 6.17. The first-order valence-corrected chi connectivity index (χ1v) is 7.18. The summed E-state index contributed by atoms with van der Waals surface area (Å²) in [5.74, 6) is 0.155. The number of amides is 1. The summed E-state index contributed by atoms with van der Waals surface area (Å²) in [6.07, 6.45) is 0.564. The van der Waals surface area contributed by atoms with Gasteiger partial charge in [-0.15, -0.1) is 0 Å². The predicted octanol–water partition coefficient (Wildman–Crippen LogP) is 3.10. The number of thiazole rings is 1. The Bertz CT molecular complexity index is 595. The lowest BCUT2D eigenvalue weighted by Gasteiger charge is -2.10. The van der Waals surface area contributed by atoms with E-state index >= 15 is 0 Å². The summed E-state index contributed by atoms with van der Waals surface area (Å²) in [5, 5.41) is 0.817. The molecule has 2 heterocycles. The van der Waals surface area contributed by atoms with E-state index in [9.17, 15) is 4.79 Å². The van der Waals surface area contributed by atoms with Gasteiger partial charge in [0.2, 0.25) is 5.91 Å². The van der Waals surface area contributed by atoms with Gasteiger partial charge in [-0.25, -0.2) is 4.98 Å². The molecule has 3 rings (SSSR count). The van der Waals surface area contributed by atoms with Crippen molar-refractivity contribution in [1.29, 1.82) is 0 Å². The number of hydrogen-bond acceptors (Lipinski definition) is 3. The Morgan fingerprint density at radius 2 is 2.35 bits per heavy atom. The molecule has 0 spiro atoms. The molecule has 2 aromatic rings. The molecule has 1 aromatic carbocycles. The third-order valence-corrected chi connectivity index (χ3v) is 4.50. The van der Waals surface area contributed by atoms with E-state index in [2.05, 4.69) is 33.9 Å². The Balaban J connectivity index is 2.03. The zero-order valence-electron chi connectivity index (χ0n) is 9.31. The van der Waals surface area contributed by atoms with Crippen molar-refractivity contribution in [3.63, 3.8) is 0 Å². The number of benzene rings is 1. The van der Waals surface area contributed by atoms with Crippen LogP contribution in [0.4, 0.5) is 5.13 Å². The van der Waals surface area contributed by atoms with Gasteiger partial charge in [0.1, 0.15) is 0 Å². The number of nitrogens with zero attached hydrogens (tertiary/aromatic N) is 2. The SMILES string of the molecule is Cc1ccc2nc(N3CC(Br)CC3=O)sc2c1. The van der Waals surface area contributed by atoms with Crippen molar-refractivity contribution in [3.05, 3.63) is 23.8 Å². The highest BCUT2D eigenvalue weighted by Crippen LogP contribution is 2.32. The van der Waals surface area contributed by atoms with Crippen molar-refractivity contribution >= 4 is 48.5 Å². The molecule has 1 aromatic heterocycles. The molecule has 1 atom stereocenters. The standard InChI is InChI=1S/C12H11BrN2OS/c1-7-2-3-9-10(4-7)17-12(14-9)15-6-8(13)5-11(15)16/h2-4,8H,5-6H2,1H3. The fourth-order valence-electron chi connectivity index (χ4n) is 1.98. The van der Waals surface area contributed by atoms with Crippen molar-refractivity contribution < 1.29 is 4.79 Å². The number of alkyl halides is 1. The van der Waals surface area contributed by atoms with Crippen LogP contribution in [0.5, 0.6) is 0 Å². The van der Waals surface area contributed by atoms with E-state index in [0.717, 1.165) is 21.9 Å². The molecule has 1 aliphatic heterocycles. The van der Waals surface area contributed by atoms with Crippen LogP contribution in [0.25, 0.3) is 10.2 Å². The molecule has 1 fully saturated rings. The fourth-order valence-corrected chi connectivity index (χ4v) is 3.64. The first-order chi connectivity index (χ1) is 8.13. The number of halogens is 1. The summed E-state index contributed by atoms with van der Waals surface area (Å²) in [6.45, 7) is 2.78. The third kappa shape index (κ3) is 1.98. The van der Waals surface area contributed by atoms with Crippen LogP contribution in [0, 0.1) is 6.92 Å². The topological polar surface area (TPSA) is 33.2 Å². The highest BCUT2D eigenvalue weighted by molar-refractivity contribution is 9.09. The number of rotatable bonds is 1. The number of fused-ring (bicyclic) bond motifs is 1. The maximum atomic E-state index is 11.8. The molecule has 17 heavy (non-hydrogen) atoms. The minimum absolute atomic E-state index is 0.155. The van der Waals surface area contributed by atoms with Crippen molar-refractivity contribution in [2.24, 2.45) is 0 Å². The van der Waals surface area contributed by atoms with E-state index in [1.807, 2.05) is 12.1 Å². The summed E-state index contributed by atoms with van der Waals surface area (Å²) in [7, 11) is 0. The average Bonchev–Trinajstić information content (AvgIpc) is 2.80. The first-order valence-electron chi connectivity index (χ1n) is 5.45. The van der Waals surface area contributed by atoms with Gasteiger partial charge in [-0.05, 0) is 24.6 Å². The number of carbonyl (C=O) groups excluding carboxylic acids is 1. The van der Waals surface area contributed by atoms with Gasteiger partial charge in [-0.1, -0.05) is 33.3 Å². The molecule has 1 amide bonds. The molecule has 1 aliphatic rings. The molecule has 3 nitrogen and oxygen atoms in total. The molecule has 1 saturated heterocycles. The first kappa shape index (κ1) is 11.2. The highest BCUT2D eigenvalue weighted by Gasteiger charge is 2.30. The van der Waals surface area contributed by atoms with Crippen molar-refractivity contribution in [2.75, 3.05) is 11.4 Å².